The molecule has 7 nitrogen and oxygen atoms in total. The highest BCUT2D eigenvalue weighted by Crippen LogP contribution is 2.24. The van der Waals surface area contributed by atoms with Crippen LogP contribution in [-0.4, -0.2) is 41.7 Å². The van der Waals surface area contributed by atoms with Gasteiger partial charge in [0.25, 0.3) is 5.69 Å². The zero-order chi connectivity index (χ0) is 15.8. The number of hydrogen-bond donors (Lipinski definition) is 1. The van der Waals surface area contributed by atoms with Crippen molar-refractivity contribution in [3.63, 3.8) is 0 Å². The molecule has 0 aliphatic heterocycles. The summed E-state index contributed by atoms with van der Waals surface area (Å²) in [7, 11) is 0. The smallest absolute Gasteiger partial charge is 0.293 e. The Balaban J connectivity index is 2.69. The zero-order valence-electron chi connectivity index (χ0n) is 12.2. The van der Waals surface area contributed by atoms with E-state index in [2.05, 4.69) is 5.32 Å². The van der Waals surface area contributed by atoms with E-state index in [1.54, 1.807) is 4.90 Å². The van der Waals surface area contributed by atoms with Gasteiger partial charge in [0.1, 0.15) is 12.0 Å². The molecule has 0 aliphatic carbocycles. The van der Waals surface area contributed by atoms with Crippen molar-refractivity contribution >= 4 is 23.6 Å². The van der Waals surface area contributed by atoms with E-state index in [0.29, 0.717) is 31.6 Å². The summed E-state index contributed by atoms with van der Waals surface area (Å²) in [5, 5.41) is 13.8. The van der Waals surface area contributed by atoms with Crippen molar-refractivity contribution in [1.82, 2.24) is 4.90 Å². The Morgan fingerprint density at radius 3 is 2.57 bits per heavy atom. The number of hydrogen-bond acceptors (Lipinski definition) is 5. The Morgan fingerprint density at radius 2 is 2.05 bits per heavy atom. The van der Waals surface area contributed by atoms with Crippen LogP contribution in [0.4, 0.5) is 11.4 Å². The number of nitrogens with zero attached hydrogens (tertiary/aromatic N) is 2. The topological polar surface area (TPSA) is 92.6 Å². The minimum atomic E-state index is -0.554. The van der Waals surface area contributed by atoms with Gasteiger partial charge in [-0.3, -0.25) is 19.7 Å². The number of carbonyl (C=O) groups excluding carboxylic acids is 2. The van der Waals surface area contributed by atoms with Crippen molar-refractivity contribution in [2.45, 2.75) is 20.3 Å². The number of amides is 1. The molecule has 1 rings (SSSR count). The van der Waals surface area contributed by atoms with Gasteiger partial charge in [0.15, 0.2) is 0 Å². The Labute approximate surface area is 123 Å². The third kappa shape index (κ3) is 4.55. The number of carbonyl (C=O) groups is 2. The van der Waals surface area contributed by atoms with Crippen LogP contribution in [0.3, 0.4) is 0 Å². The summed E-state index contributed by atoms with van der Waals surface area (Å²) < 4.78 is 0. The van der Waals surface area contributed by atoms with Crippen LogP contribution in [0.25, 0.3) is 0 Å². The SMILES string of the molecule is CCN(CC)C(=O)CCNc1ccc(C=O)cc1[N+](=O)[O-]. The minimum Gasteiger partial charge on any atom is -0.379 e. The van der Waals surface area contributed by atoms with Crippen molar-refractivity contribution in [1.29, 1.82) is 0 Å². The molecule has 0 fully saturated rings. The highest BCUT2D eigenvalue weighted by molar-refractivity contribution is 5.80. The van der Waals surface area contributed by atoms with Gasteiger partial charge >= 0.3 is 0 Å². The average molecular weight is 293 g/mol. The second-order valence-electron chi connectivity index (χ2n) is 4.39. The summed E-state index contributed by atoms with van der Waals surface area (Å²) in [6.07, 6.45) is 0.814. The summed E-state index contributed by atoms with van der Waals surface area (Å²) in [5.74, 6) is -0.000310. The number of rotatable bonds is 8. The molecule has 0 heterocycles. The molecule has 0 saturated heterocycles. The molecule has 1 N–H and O–H groups in total. The zero-order valence-corrected chi connectivity index (χ0v) is 12.2. The molecule has 1 amide bonds. The predicted octanol–water partition coefficient (Wildman–Crippen LogP) is 2.08. The molecule has 1 aromatic rings. The summed E-state index contributed by atoms with van der Waals surface area (Å²) in [6, 6.07) is 4.18. The van der Waals surface area contributed by atoms with Gasteiger partial charge in [-0.15, -0.1) is 0 Å². The molecule has 1 aromatic carbocycles. The van der Waals surface area contributed by atoms with E-state index in [1.165, 1.54) is 18.2 Å². The number of aldehydes is 1. The van der Waals surface area contributed by atoms with Crippen LogP contribution in [0, 0.1) is 10.1 Å². The summed E-state index contributed by atoms with van der Waals surface area (Å²) in [5.41, 5.74) is 0.374. The van der Waals surface area contributed by atoms with E-state index < -0.39 is 4.92 Å². The third-order valence-corrected chi connectivity index (χ3v) is 3.13. The van der Waals surface area contributed by atoms with Crippen LogP contribution >= 0.6 is 0 Å². The van der Waals surface area contributed by atoms with Crippen molar-refractivity contribution < 1.29 is 14.5 Å². The van der Waals surface area contributed by atoms with E-state index in [9.17, 15) is 19.7 Å². The maximum atomic E-state index is 11.8. The molecule has 114 valence electrons. The van der Waals surface area contributed by atoms with Crippen molar-refractivity contribution in [2.24, 2.45) is 0 Å². The lowest BCUT2D eigenvalue weighted by Gasteiger charge is -2.18. The Kier molecular flexibility index (Phi) is 6.32. The Hall–Kier alpha value is -2.44. The number of nitro groups is 1. The van der Waals surface area contributed by atoms with Crippen LogP contribution in [-0.2, 0) is 4.79 Å². The van der Waals surface area contributed by atoms with Gasteiger partial charge in [-0.05, 0) is 26.0 Å². The largest absolute Gasteiger partial charge is 0.379 e. The lowest BCUT2D eigenvalue weighted by molar-refractivity contribution is -0.384. The first-order chi connectivity index (χ1) is 10.0. The lowest BCUT2D eigenvalue weighted by Crippen LogP contribution is -2.31. The second kappa shape index (κ2) is 7.98. The first-order valence-electron chi connectivity index (χ1n) is 6.78. The summed E-state index contributed by atoms with van der Waals surface area (Å²) in [4.78, 5) is 34.6. The maximum absolute atomic E-state index is 11.8. The molecule has 0 atom stereocenters. The average Bonchev–Trinajstić information content (AvgIpc) is 2.48. The fourth-order valence-electron chi connectivity index (χ4n) is 1.96. The van der Waals surface area contributed by atoms with Crippen LogP contribution in [0.1, 0.15) is 30.6 Å². The Morgan fingerprint density at radius 1 is 1.38 bits per heavy atom. The first-order valence-corrected chi connectivity index (χ1v) is 6.78. The fraction of sp³-hybridized carbons (Fsp3) is 0.429. The van der Waals surface area contributed by atoms with E-state index in [4.69, 9.17) is 0 Å². The fourth-order valence-corrected chi connectivity index (χ4v) is 1.96. The normalized spacial score (nSPS) is 10.0. The summed E-state index contributed by atoms with van der Waals surface area (Å²) >= 11 is 0. The van der Waals surface area contributed by atoms with Crippen LogP contribution in [0.5, 0.6) is 0 Å². The predicted molar refractivity (Wildman–Crippen MR) is 79.5 cm³/mol. The van der Waals surface area contributed by atoms with Crippen molar-refractivity contribution in [3.8, 4) is 0 Å². The molecule has 21 heavy (non-hydrogen) atoms. The first kappa shape index (κ1) is 16.6. The van der Waals surface area contributed by atoms with Gasteiger partial charge in [0.05, 0.1) is 4.92 Å². The lowest BCUT2D eigenvalue weighted by atomic mass is 10.2. The highest BCUT2D eigenvalue weighted by Gasteiger charge is 2.15. The van der Waals surface area contributed by atoms with Gasteiger partial charge in [0, 0.05) is 37.7 Å². The van der Waals surface area contributed by atoms with Crippen molar-refractivity contribution in [2.75, 3.05) is 25.0 Å². The molecule has 0 saturated carbocycles. The maximum Gasteiger partial charge on any atom is 0.293 e. The Bertz CT molecular complexity index is 527. The van der Waals surface area contributed by atoms with Crippen LogP contribution in [0.2, 0.25) is 0 Å². The minimum absolute atomic E-state index is 0.000310. The quantitative estimate of drug-likeness (QED) is 0.450. The molecule has 0 unspecified atom stereocenters. The molecule has 0 aliphatic rings. The molecular formula is C14H19N3O4. The molecule has 0 bridgehead atoms. The molecule has 7 heteroatoms. The van der Waals surface area contributed by atoms with Gasteiger partial charge < -0.3 is 10.2 Å². The molecule has 0 aromatic heterocycles. The molecule has 0 radical (unpaired) electrons. The molecular weight excluding hydrogens is 274 g/mol. The van der Waals surface area contributed by atoms with E-state index in [-0.39, 0.29) is 23.6 Å². The standard InChI is InChI=1S/C14H19N3O4/c1-3-16(4-2)14(19)7-8-15-12-6-5-11(10-18)9-13(12)17(20)21/h5-6,9-10,15H,3-4,7-8H2,1-2H3. The number of nitrogens with one attached hydrogen (secondary N) is 1. The van der Waals surface area contributed by atoms with Crippen LogP contribution in [0.15, 0.2) is 18.2 Å². The van der Waals surface area contributed by atoms with Crippen molar-refractivity contribution in [3.05, 3.63) is 33.9 Å². The van der Waals surface area contributed by atoms with E-state index >= 15 is 0 Å². The molecule has 0 spiro atoms. The van der Waals surface area contributed by atoms with Gasteiger partial charge in [0.2, 0.25) is 5.91 Å². The second-order valence-corrected chi connectivity index (χ2v) is 4.39. The number of benzene rings is 1. The number of anilines is 1. The van der Waals surface area contributed by atoms with Gasteiger partial charge in [-0.1, -0.05) is 0 Å². The number of nitro benzene ring substituents is 1. The summed E-state index contributed by atoms with van der Waals surface area (Å²) in [6.45, 7) is 5.39. The highest BCUT2D eigenvalue weighted by atomic mass is 16.6. The van der Waals surface area contributed by atoms with E-state index in [1.807, 2.05) is 13.8 Å². The van der Waals surface area contributed by atoms with Gasteiger partial charge in [-0.2, -0.15) is 0 Å². The van der Waals surface area contributed by atoms with E-state index in [0.717, 1.165) is 0 Å². The van der Waals surface area contributed by atoms with Crippen LogP contribution < -0.4 is 5.32 Å². The van der Waals surface area contributed by atoms with Gasteiger partial charge in [-0.25, -0.2) is 0 Å². The third-order valence-electron chi connectivity index (χ3n) is 3.13. The monoisotopic (exact) mass is 293 g/mol.